The number of nitrogens with zero attached hydrogens (tertiary/aromatic N) is 3. The predicted octanol–water partition coefficient (Wildman–Crippen LogP) is 3.09. The summed E-state index contributed by atoms with van der Waals surface area (Å²) >= 11 is 0. The van der Waals surface area contributed by atoms with Crippen LogP contribution in [0.4, 0.5) is 5.82 Å². The van der Waals surface area contributed by atoms with Gasteiger partial charge in [0, 0.05) is 18.0 Å². The molecule has 0 amide bonds. The molecule has 0 bridgehead atoms. The van der Waals surface area contributed by atoms with E-state index in [4.69, 9.17) is 0 Å². The maximum atomic E-state index is 4.30. The molecule has 3 heteroatoms. The summed E-state index contributed by atoms with van der Waals surface area (Å²) in [5.41, 5.74) is 2.00. The predicted molar refractivity (Wildman–Crippen MR) is 63.5 cm³/mol. The lowest BCUT2D eigenvalue weighted by Gasteiger charge is -2.17. The van der Waals surface area contributed by atoms with Gasteiger partial charge < -0.3 is 0 Å². The molecular weight excluding hydrogens is 186 g/mol. The molecule has 0 saturated heterocycles. The second-order valence-corrected chi connectivity index (χ2v) is 4.56. The first-order valence-electron chi connectivity index (χ1n) is 4.91. The lowest BCUT2D eigenvalue weighted by Crippen LogP contribution is -2.08. The van der Waals surface area contributed by atoms with Crippen molar-refractivity contribution < 1.29 is 0 Å². The van der Waals surface area contributed by atoms with E-state index >= 15 is 0 Å². The van der Waals surface area contributed by atoms with E-state index in [-0.39, 0.29) is 5.41 Å². The summed E-state index contributed by atoms with van der Waals surface area (Å²) in [5, 5.41) is 0. The van der Waals surface area contributed by atoms with Crippen molar-refractivity contribution in [2.45, 2.75) is 27.7 Å². The minimum Gasteiger partial charge on any atom is -0.244 e. The average molecular weight is 203 g/mol. The van der Waals surface area contributed by atoms with E-state index in [9.17, 15) is 0 Å². The smallest absolute Gasteiger partial charge is 0.158 e. The number of allylic oxidation sites excluding steroid dienone is 1. The Kier molecular flexibility index (Phi) is 3.35. The Balaban J connectivity index is 2.84. The van der Waals surface area contributed by atoms with Crippen LogP contribution in [0.3, 0.4) is 0 Å². The largest absolute Gasteiger partial charge is 0.244 e. The first-order valence-corrected chi connectivity index (χ1v) is 4.91. The van der Waals surface area contributed by atoms with Crippen molar-refractivity contribution in [1.29, 1.82) is 0 Å². The summed E-state index contributed by atoms with van der Waals surface area (Å²) in [6.45, 7) is 12.2. The van der Waals surface area contributed by atoms with Crippen LogP contribution in [-0.2, 0) is 0 Å². The maximum Gasteiger partial charge on any atom is 0.158 e. The number of aromatic nitrogens is 2. The first-order chi connectivity index (χ1) is 6.91. The zero-order valence-electron chi connectivity index (χ0n) is 9.78. The number of aliphatic imine (C=N–C) groups is 1. The molecule has 3 nitrogen and oxygen atoms in total. The molecule has 0 aliphatic rings. The summed E-state index contributed by atoms with van der Waals surface area (Å²) in [4.78, 5) is 12.3. The molecule has 0 fully saturated rings. The third-order valence-electron chi connectivity index (χ3n) is 2.17. The summed E-state index contributed by atoms with van der Waals surface area (Å²) in [6, 6.07) is 0. The highest BCUT2D eigenvalue weighted by Crippen LogP contribution is 2.22. The van der Waals surface area contributed by atoms with Crippen molar-refractivity contribution >= 4 is 12.0 Å². The van der Waals surface area contributed by atoms with E-state index in [1.807, 2.05) is 6.92 Å². The third kappa shape index (κ3) is 3.27. The second-order valence-electron chi connectivity index (χ2n) is 4.56. The van der Waals surface area contributed by atoms with Gasteiger partial charge in [0.2, 0.25) is 0 Å². The molecule has 1 rings (SSSR count). The summed E-state index contributed by atoms with van der Waals surface area (Å²) in [7, 11) is 0. The Morgan fingerprint density at radius 2 is 2.13 bits per heavy atom. The van der Waals surface area contributed by atoms with Crippen LogP contribution in [0.1, 0.15) is 26.3 Å². The van der Waals surface area contributed by atoms with Gasteiger partial charge in [-0.05, 0) is 17.9 Å². The van der Waals surface area contributed by atoms with E-state index < -0.39 is 0 Å². The van der Waals surface area contributed by atoms with E-state index in [1.54, 1.807) is 12.4 Å². The Morgan fingerprint density at radius 3 is 2.67 bits per heavy atom. The highest BCUT2D eigenvalue weighted by Gasteiger charge is 2.12. The number of hydrogen-bond acceptors (Lipinski definition) is 3. The Morgan fingerprint density at radius 1 is 1.47 bits per heavy atom. The van der Waals surface area contributed by atoms with E-state index in [1.165, 1.54) is 6.33 Å². The number of rotatable bonds is 2. The molecule has 0 radical (unpaired) electrons. The van der Waals surface area contributed by atoms with Gasteiger partial charge in [-0.2, -0.15) is 0 Å². The Labute approximate surface area is 91.0 Å². The fraction of sp³-hybridized carbons (Fsp3) is 0.417. The molecule has 80 valence electrons. The number of hydrogen-bond donors (Lipinski definition) is 0. The maximum absolute atomic E-state index is 4.30. The van der Waals surface area contributed by atoms with E-state index in [0.717, 1.165) is 11.1 Å². The van der Waals surface area contributed by atoms with Crippen LogP contribution < -0.4 is 0 Å². The van der Waals surface area contributed by atoms with Gasteiger partial charge in [0.15, 0.2) is 5.82 Å². The second kappa shape index (κ2) is 4.34. The molecular formula is C12H17N3. The quantitative estimate of drug-likeness (QED) is 0.693. The average Bonchev–Trinajstić information content (AvgIpc) is 2.14. The molecule has 1 aromatic rings. The van der Waals surface area contributed by atoms with Crippen LogP contribution in [0, 0.1) is 12.3 Å². The van der Waals surface area contributed by atoms with Gasteiger partial charge in [-0.25, -0.2) is 15.0 Å². The fourth-order valence-corrected chi connectivity index (χ4v) is 0.861. The van der Waals surface area contributed by atoms with Crippen LogP contribution in [0.2, 0.25) is 0 Å². The highest BCUT2D eigenvalue weighted by atomic mass is 14.9. The minimum absolute atomic E-state index is 0.0461. The molecule has 0 atom stereocenters. The molecule has 0 saturated carbocycles. The molecule has 0 N–H and O–H groups in total. The van der Waals surface area contributed by atoms with Crippen LogP contribution in [0.5, 0.6) is 0 Å². The topological polar surface area (TPSA) is 38.1 Å². The van der Waals surface area contributed by atoms with E-state index in [2.05, 4.69) is 42.3 Å². The van der Waals surface area contributed by atoms with Gasteiger partial charge in [-0.15, -0.1) is 0 Å². The van der Waals surface area contributed by atoms with Gasteiger partial charge in [-0.1, -0.05) is 27.4 Å². The van der Waals surface area contributed by atoms with Crippen molar-refractivity contribution in [1.82, 2.24) is 9.97 Å². The Bertz CT molecular complexity index is 386. The van der Waals surface area contributed by atoms with Crippen molar-refractivity contribution in [3.05, 3.63) is 30.2 Å². The van der Waals surface area contributed by atoms with Crippen molar-refractivity contribution in [2.75, 3.05) is 0 Å². The van der Waals surface area contributed by atoms with Crippen molar-refractivity contribution in [3.8, 4) is 0 Å². The van der Waals surface area contributed by atoms with Gasteiger partial charge in [0.05, 0.1) is 0 Å². The fourth-order valence-electron chi connectivity index (χ4n) is 0.861. The van der Waals surface area contributed by atoms with Crippen LogP contribution in [0.15, 0.2) is 29.7 Å². The molecule has 0 spiro atoms. The summed E-state index contributed by atoms with van der Waals surface area (Å²) in [6.07, 6.45) is 5.02. The standard InChI is InChI=1S/C12H17N3/c1-9-6-13-8-15-11(9)14-7-10(2)12(3,4)5/h6-8H,2H2,1,3-5H3/b14-7-. The molecule has 0 aliphatic carbocycles. The zero-order chi connectivity index (χ0) is 11.5. The number of aryl methyl sites for hydroxylation is 1. The molecule has 1 aromatic heterocycles. The molecule has 0 unspecified atom stereocenters. The summed E-state index contributed by atoms with van der Waals surface area (Å²) in [5.74, 6) is 0.704. The molecule has 1 heterocycles. The minimum atomic E-state index is 0.0461. The van der Waals surface area contributed by atoms with Gasteiger partial charge in [-0.3, -0.25) is 0 Å². The van der Waals surface area contributed by atoms with Gasteiger partial charge >= 0.3 is 0 Å². The lowest BCUT2D eigenvalue weighted by molar-refractivity contribution is 0.528. The van der Waals surface area contributed by atoms with Gasteiger partial charge in [0.25, 0.3) is 0 Å². The lowest BCUT2D eigenvalue weighted by atomic mass is 9.88. The monoisotopic (exact) mass is 203 g/mol. The van der Waals surface area contributed by atoms with Crippen molar-refractivity contribution in [3.63, 3.8) is 0 Å². The van der Waals surface area contributed by atoms with Crippen LogP contribution >= 0.6 is 0 Å². The van der Waals surface area contributed by atoms with Crippen molar-refractivity contribution in [2.24, 2.45) is 10.4 Å². The van der Waals surface area contributed by atoms with E-state index in [0.29, 0.717) is 5.82 Å². The van der Waals surface area contributed by atoms with Crippen LogP contribution in [0.25, 0.3) is 0 Å². The summed E-state index contributed by atoms with van der Waals surface area (Å²) < 4.78 is 0. The first kappa shape index (κ1) is 11.6. The molecule has 15 heavy (non-hydrogen) atoms. The van der Waals surface area contributed by atoms with Gasteiger partial charge in [0.1, 0.15) is 6.33 Å². The highest BCUT2D eigenvalue weighted by molar-refractivity contribution is 5.81. The molecule has 0 aliphatic heterocycles. The molecule has 0 aromatic carbocycles. The SMILES string of the molecule is C=C(/C=N\c1ncncc1C)C(C)(C)C. The third-order valence-corrected chi connectivity index (χ3v) is 2.17. The zero-order valence-corrected chi connectivity index (χ0v) is 9.78. The normalized spacial score (nSPS) is 12.0. The Hall–Kier alpha value is -1.51. The van der Waals surface area contributed by atoms with Crippen LogP contribution in [-0.4, -0.2) is 16.2 Å².